The average Bonchev–Trinajstić information content (AvgIpc) is 2.99. The van der Waals surface area contributed by atoms with Gasteiger partial charge in [0.15, 0.2) is 0 Å². The number of aromatic nitrogens is 2. The maximum atomic E-state index is 12.7. The van der Waals surface area contributed by atoms with Gasteiger partial charge in [0.1, 0.15) is 11.6 Å². The third kappa shape index (κ3) is 4.51. The van der Waals surface area contributed by atoms with Crippen LogP contribution in [0.5, 0.6) is 5.75 Å². The lowest BCUT2D eigenvalue weighted by molar-refractivity contribution is -0.274. The zero-order valence-electron chi connectivity index (χ0n) is 15.4. The van der Waals surface area contributed by atoms with Crippen molar-refractivity contribution in [3.63, 3.8) is 0 Å². The van der Waals surface area contributed by atoms with Crippen molar-refractivity contribution in [1.82, 2.24) is 9.55 Å². The molecule has 0 amide bonds. The van der Waals surface area contributed by atoms with E-state index in [1.54, 1.807) is 25.3 Å². The van der Waals surface area contributed by atoms with Crippen molar-refractivity contribution in [3.05, 3.63) is 66.0 Å². The van der Waals surface area contributed by atoms with Gasteiger partial charge in [-0.15, -0.1) is 13.2 Å². The molecule has 0 saturated carbocycles. The van der Waals surface area contributed by atoms with E-state index in [2.05, 4.69) is 23.6 Å². The molecule has 0 spiro atoms. The van der Waals surface area contributed by atoms with Crippen LogP contribution in [0.1, 0.15) is 25.1 Å². The Morgan fingerprint density at radius 2 is 1.78 bits per heavy atom. The van der Waals surface area contributed by atoms with Crippen LogP contribution >= 0.6 is 0 Å². The number of benzene rings is 2. The number of nitrogens with zero attached hydrogens (tertiary/aromatic N) is 2. The Kier molecular flexibility index (Phi) is 5.26. The predicted octanol–water partition coefficient (Wildman–Crippen LogP) is 5.94. The number of halogens is 3. The van der Waals surface area contributed by atoms with E-state index in [0.29, 0.717) is 23.0 Å². The van der Waals surface area contributed by atoms with Crippen molar-refractivity contribution in [2.75, 3.05) is 0 Å². The topological polar surface area (TPSA) is 27.1 Å². The van der Waals surface area contributed by atoms with E-state index in [1.807, 2.05) is 34.9 Å². The lowest BCUT2D eigenvalue weighted by Crippen LogP contribution is -2.18. The van der Waals surface area contributed by atoms with Crippen molar-refractivity contribution in [2.24, 2.45) is 5.92 Å². The molecule has 27 heavy (non-hydrogen) atoms. The van der Waals surface area contributed by atoms with Gasteiger partial charge in [-0.05, 0) is 30.9 Å². The molecule has 1 heterocycles. The molecule has 0 radical (unpaired) electrons. The van der Waals surface area contributed by atoms with E-state index in [-0.39, 0.29) is 5.75 Å². The number of imidazole rings is 1. The number of alkyl halides is 3. The Labute approximate surface area is 156 Å². The van der Waals surface area contributed by atoms with Crippen molar-refractivity contribution < 1.29 is 17.9 Å². The molecule has 0 saturated heterocycles. The van der Waals surface area contributed by atoms with E-state index in [0.717, 1.165) is 17.7 Å². The van der Waals surface area contributed by atoms with Gasteiger partial charge in [-0.1, -0.05) is 50.2 Å². The van der Waals surface area contributed by atoms with Gasteiger partial charge in [0.25, 0.3) is 0 Å². The first-order valence-corrected chi connectivity index (χ1v) is 8.73. The van der Waals surface area contributed by atoms with Gasteiger partial charge in [-0.25, -0.2) is 4.98 Å². The molecule has 3 aromatic rings. The molecule has 6 heteroatoms. The monoisotopic (exact) mass is 374 g/mol. The second-order valence-electron chi connectivity index (χ2n) is 6.87. The van der Waals surface area contributed by atoms with Gasteiger partial charge in [0.05, 0.1) is 5.69 Å². The fraction of sp³-hybridized carbons (Fsp3) is 0.286. The number of hydrogen-bond acceptors (Lipinski definition) is 2. The second kappa shape index (κ2) is 7.47. The number of ether oxygens (including phenoxy) is 1. The Hall–Kier alpha value is -2.76. The molecule has 3 nitrogen and oxygen atoms in total. The highest BCUT2D eigenvalue weighted by molar-refractivity contribution is 5.60. The summed E-state index contributed by atoms with van der Waals surface area (Å²) in [6.45, 7) is 5.77. The predicted molar refractivity (Wildman–Crippen MR) is 99.0 cm³/mol. The van der Waals surface area contributed by atoms with Crippen molar-refractivity contribution in [2.45, 2.75) is 33.6 Å². The van der Waals surface area contributed by atoms with Crippen LogP contribution in [-0.4, -0.2) is 15.9 Å². The van der Waals surface area contributed by atoms with E-state index in [1.165, 1.54) is 6.07 Å². The first kappa shape index (κ1) is 19.0. The minimum atomic E-state index is -4.73. The van der Waals surface area contributed by atoms with Crippen LogP contribution in [0, 0.1) is 12.8 Å². The standard InChI is InChI=1S/C21H21F3N2O/c1-14(2)11-18-13-25-20(16-7-5-4-6-8-16)26(18)17-10-9-15(3)19(12-17)27-21(22,23)24/h4-10,12-14H,11H2,1-3H3. The number of aryl methyl sites for hydroxylation is 1. The van der Waals surface area contributed by atoms with Crippen LogP contribution in [0.15, 0.2) is 54.7 Å². The largest absolute Gasteiger partial charge is 0.573 e. The lowest BCUT2D eigenvalue weighted by atomic mass is 10.1. The summed E-state index contributed by atoms with van der Waals surface area (Å²) in [5.74, 6) is 0.858. The van der Waals surface area contributed by atoms with Gasteiger partial charge in [0, 0.05) is 23.5 Å². The highest BCUT2D eigenvalue weighted by atomic mass is 19.4. The minimum absolute atomic E-state index is 0.205. The molecule has 0 bridgehead atoms. The minimum Gasteiger partial charge on any atom is -0.405 e. The average molecular weight is 374 g/mol. The Balaban J connectivity index is 2.15. The Morgan fingerprint density at radius 3 is 2.41 bits per heavy atom. The fourth-order valence-electron chi connectivity index (χ4n) is 2.99. The van der Waals surface area contributed by atoms with Crippen LogP contribution in [0.25, 0.3) is 17.1 Å². The summed E-state index contributed by atoms with van der Waals surface area (Å²) in [6.07, 6.45) is -2.20. The normalized spacial score (nSPS) is 11.8. The summed E-state index contributed by atoms with van der Waals surface area (Å²) in [6, 6.07) is 14.4. The van der Waals surface area contributed by atoms with Gasteiger partial charge < -0.3 is 4.74 Å². The van der Waals surface area contributed by atoms with Crippen molar-refractivity contribution in [1.29, 1.82) is 0 Å². The summed E-state index contributed by atoms with van der Waals surface area (Å²) in [7, 11) is 0. The van der Waals surface area contributed by atoms with Crippen molar-refractivity contribution in [3.8, 4) is 22.8 Å². The van der Waals surface area contributed by atoms with E-state index in [4.69, 9.17) is 0 Å². The summed E-state index contributed by atoms with van der Waals surface area (Å²) >= 11 is 0. The summed E-state index contributed by atoms with van der Waals surface area (Å²) in [5.41, 5.74) is 2.84. The molecule has 0 fully saturated rings. The molecular formula is C21H21F3N2O. The quantitative estimate of drug-likeness (QED) is 0.552. The Morgan fingerprint density at radius 1 is 1.07 bits per heavy atom. The number of hydrogen-bond donors (Lipinski definition) is 0. The molecule has 0 aliphatic heterocycles. The van der Waals surface area contributed by atoms with E-state index in [9.17, 15) is 13.2 Å². The molecule has 0 unspecified atom stereocenters. The van der Waals surface area contributed by atoms with Crippen LogP contribution < -0.4 is 4.74 Å². The second-order valence-corrected chi connectivity index (χ2v) is 6.87. The number of rotatable bonds is 5. The maximum absolute atomic E-state index is 12.7. The molecule has 0 aliphatic rings. The summed E-state index contributed by atoms with van der Waals surface area (Å²) in [5, 5.41) is 0. The summed E-state index contributed by atoms with van der Waals surface area (Å²) < 4.78 is 44.4. The molecule has 0 aliphatic carbocycles. The van der Waals surface area contributed by atoms with E-state index >= 15 is 0 Å². The molecule has 0 N–H and O–H groups in total. The highest BCUT2D eigenvalue weighted by Gasteiger charge is 2.32. The highest BCUT2D eigenvalue weighted by Crippen LogP contribution is 2.31. The molecule has 1 aromatic heterocycles. The third-order valence-corrected chi connectivity index (χ3v) is 4.14. The smallest absolute Gasteiger partial charge is 0.405 e. The molecule has 142 valence electrons. The third-order valence-electron chi connectivity index (χ3n) is 4.14. The van der Waals surface area contributed by atoms with Gasteiger partial charge in [0.2, 0.25) is 0 Å². The molecule has 3 rings (SSSR count). The molecule has 2 aromatic carbocycles. The lowest BCUT2D eigenvalue weighted by Gasteiger charge is -2.17. The fourth-order valence-corrected chi connectivity index (χ4v) is 2.99. The maximum Gasteiger partial charge on any atom is 0.573 e. The zero-order valence-corrected chi connectivity index (χ0v) is 15.4. The van der Waals surface area contributed by atoms with Crippen LogP contribution in [0.4, 0.5) is 13.2 Å². The summed E-state index contributed by atoms with van der Waals surface area (Å²) in [4.78, 5) is 4.54. The van der Waals surface area contributed by atoms with Gasteiger partial charge in [-0.2, -0.15) is 0 Å². The zero-order chi connectivity index (χ0) is 19.6. The van der Waals surface area contributed by atoms with Crippen LogP contribution in [-0.2, 0) is 6.42 Å². The van der Waals surface area contributed by atoms with Gasteiger partial charge in [-0.3, -0.25) is 4.57 Å². The van der Waals surface area contributed by atoms with Crippen molar-refractivity contribution >= 4 is 0 Å². The molecule has 0 atom stereocenters. The molecular weight excluding hydrogens is 353 g/mol. The van der Waals surface area contributed by atoms with E-state index < -0.39 is 6.36 Å². The van der Waals surface area contributed by atoms with Gasteiger partial charge >= 0.3 is 6.36 Å². The first-order valence-electron chi connectivity index (χ1n) is 8.73. The first-order chi connectivity index (χ1) is 12.7. The van der Waals surface area contributed by atoms with Crippen LogP contribution in [0.3, 0.4) is 0 Å². The van der Waals surface area contributed by atoms with Crippen LogP contribution in [0.2, 0.25) is 0 Å². The SMILES string of the molecule is Cc1ccc(-n2c(CC(C)C)cnc2-c2ccccc2)cc1OC(F)(F)F. The Bertz CT molecular complexity index is 915.